The maximum Gasteiger partial charge on any atom is 0.137 e. The number of nitrogens with two attached hydrogens (primary N) is 1. The molecule has 0 amide bonds. The van der Waals surface area contributed by atoms with E-state index in [9.17, 15) is 0 Å². The van der Waals surface area contributed by atoms with Crippen molar-refractivity contribution in [2.75, 3.05) is 13.1 Å². The minimum Gasteiger partial charge on any atom is -0.329 e. The number of hydrogen-bond acceptors (Lipinski definition) is 3. The van der Waals surface area contributed by atoms with Crippen LogP contribution in [0.5, 0.6) is 0 Å². The Balaban J connectivity index is 1.81. The lowest BCUT2D eigenvalue weighted by atomic mass is 9.91. The fourth-order valence-electron chi connectivity index (χ4n) is 3.35. The van der Waals surface area contributed by atoms with Crippen LogP contribution in [0, 0.1) is 12.8 Å². The van der Waals surface area contributed by atoms with Crippen LogP contribution in [0.4, 0.5) is 0 Å². The number of likely N-dealkylation sites (tertiary alicyclic amines) is 1. The van der Waals surface area contributed by atoms with E-state index in [2.05, 4.69) is 47.7 Å². The van der Waals surface area contributed by atoms with Gasteiger partial charge < -0.3 is 10.1 Å². The Morgan fingerprint density at radius 3 is 3.00 bits per heavy atom. The normalized spacial score (nSPS) is 24.4. The predicted octanol–water partition coefficient (Wildman–Crippen LogP) is 2.20. The van der Waals surface area contributed by atoms with Crippen LogP contribution in [0.1, 0.15) is 31.0 Å². The van der Waals surface area contributed by atoms with Crippen molar-refractivity contribution in [2.24, 2.45) is 11.7 Å². The number of fused-ring (bicyclic) bond motifs is 1. The largest absolute Gasteiger partial charge is 0.329 e. The molecule has 2 N–H and O–H groups in total. The highest BCUT2D eigenvalue weighted by atomic mass is 15.2. The van der Waals surface area contributed by atoms with Gasteiger partial charge in [-0.25, -0.2) is 4.98 Å². The highest BCUT2D eigenvalue weighted by Gasteiger charge is 2.27. The van der Waals surface area contributed by atoms with Gasteiger partial charge in [-0.1, -0.05) is 13.0 Å². The summed E-state index contributed by atoms with van der Waals surface area (Å²) in [6, 6.07) is 4.69. The van der Waals surface area contributed by atoms with Gasteiger partial charge in [0.2, 0.25) is 0 Å². The average Bonchev–Trinajstić information content (AvgIpc) is 2.80. The molecule has 4 nitrogen and oxygen atoms in total. The van der Waals surface area contributed by atoms with Crippen LogP contribution in [0.2, 0.25) is 0 Å². The number of aromatic nitrogens is 2. The van der Waals surface area contributed by atoms with Gasteiger partial charge in [0.05, 0.1) is 5.69 Å². The van der Waals surface area contributed by atoms with Crippen molar-refractivity contribution in [3.63, 3.8) is 0 Å². The molecule has 0 aromatic carbocycles. The van der Waals surface area contributed by atoms with Crippen molar-refractivity contribution >= 4 is 5.65 Å². The van der Waals surface area contributed by atoms with Gasteiger partial charge in [0.1, 0.15) is 5.65 Å². The molecule has 2 atom stereocenters. The van der Waals surface area contributed by atoms with Crippen molar-refractivity contribution in [1.82, 2.24) is 14.3 Å². The van der Waals surface area contributed by atoms with Gasteiger partial charge in [-0.15, -0.1) is 0 Å². The maximum absolute atomic E-state index is 5.97. The zero-order chi connectivity index (χ0) is 14.1. The third-order valence-corrected chi connectivity index (χ3v) is 4.49. The summed E-state index contributed by atoms with van der Waals surface area (Å²) in [5, 5.41) is 0. The minimum absolute atomic E-state index is 0.496. The molecule has 0 saturated carbocycles. The number of imidazole rings is 1. The minimum atomic E-state index is 0.496. The third kappa shape index (κ3) is 2.58. The molecule has 1 fully saturated rings. The summed E-state index contributed by atoms with van der Waals surface area (Å²) in [5.41, 5.74) is 9.39. The molecule has 0 radical (unpaired) electrons. The average molecular weight is 272 g/mol. The highest BCUT2D eigenvalue weighted by molar-refractivity contribution is 5.41. The van der Waals surface area contributed by atoms with E-state index in [1.807, 2.05) is 0 Å². The van der Waals surface area contributed by atoms with Crippen molar-refractivity contribution in [2.45, 2.75) is 39.3 Å². The summed E-state index contributed by atoms with van der Waals surface area (Å²) in [5.74, 6) is 0.688. The van der Waals surface area contributed by atoms with Crippen molar-refractivity contribution in [3.8, 4) is 0 Å². The summed E-state index contributed by atoms with van der Waals surface area (Å²) < 4.78 is 2.12. The zero-order valence-corrected chi connectivity index (χ0v) is 12.4. The molecule has 2 aromatic heterocycles. The molecular weight excluding hydrogens is 248 g/mol. The van der Waals surface area contributed by atoms with Crippen LogP contribution < -0.4 is 5.73 Å². The van der Waals surface area contributed by atoms with Gasteiger partial charge in [0, 0.05) is 31.5 Å². The first kappa shape index (κ1) is 13.6. The second kappa shape index (κ2) is 5.54. The summed E-state index contributed by atoms with van der Waals surface area (Å²) >= 11 is 0. The molecule has 3 heterocycles. The van der Waals surface area contributed by atoms with Gasteiger partial charge in [-0.2, -0.15) is 0 Å². The van der Waals surface area contributed by atoms with E-state index in [0.717, 1.165) is 31.0 Å². The molecule has 0 spiro atoms. The number of piperidine rings is 1. The van der Waals surface area contributed by atoms with Gasteiger partial charge in [-0.05, 0) is 43.9 Å². The summed E-state index contributed by atoms with van der Waals surface area (Å²) in [6.07, 6.45) is 6.84. The molecule has 0 bridgehead atoms. The lowest BCUT2D eigenvalue weighted by Crippen LogP contribution is -2.48. The lowest BCUT2D eigenvalue weighted by Gasteiger charge is -2.39. The Labute approximate surface area is 120 Å². The molecule has 108 valence electrons. The molecule has 3 rings (SSSR count). The number of nitrogens with zero attached hydrogens (tertiary/aromatic N) is 3. The Morgan fingerprint density at radius 1 is 1.35 bits per heavy atom. The van der Waals surface area contributed by atoms with Crippen LogP contribution >= 0.6 is 0 Å². The van der Waals surface area contributed by atoms with Crippen LogP contribution in [0.15, 0.2) is 24.5 Å². The Morgan fingerprint density at radius 2 is 2.20 bits per heavy atom. The first-order chi connectivity index (χ1) is 9.67. The topological polar surface area (TPSA) is 46.6 Å². The van der Waals surface area contributed by atoms with Crippen LogP contribution in [0.3, 0.4) is 0 Å². The van der Waals surface area contributed by atoms with Gasteiger partial charge in [0.15, 0.2) is 0 Å². The molecule has 0 aliphatic carbocycles. The molecular formula is C16H24N4. The van der Waals surface area contributed by atoms with Crippen molar-refractivity contribution in [1.29, 1.82) is 0 Å². The summed E-state index contributed by atoms with van der Waals surface area (Å²) in [4.78, 5) is 7.22. The number of aryl methyl sites for hydroxylation is 1. The van der Waals surface area contributed by atoms with Crippen LogP contribution in [0.25, 0.3) is 5.65 Å². The summed E-state index contributed by atoms with van der Waals surface area (Å²) in [7, 11) is 0. The van der Waals surface area contributed by atoms with E-state index in [4.69, 9.17) is 10.7 Å². The Hall–Kier alpha value is -1.39. The second-order valence-corrected chi connectivity index (χ2v) is 6.10. The van der Waals surface area contributed by atoms with Gasteiger partial charge in [-0.3, -0.25) is 4.90 Å². The highest BCUT2D eigenvalue weighted by Crippen LogP contribution is 2.24. The van der Waals surface area contributed by atoms with E-state index in [-0.39, 0.29) is 0 Å². The van der Waals surface area contributed by atoms with Crippen molar-refractivity contribution in [3.05, 3.63) is 35.8 Å². The molecule has 1 aliphatic rings. The smallest absolute Gasteiger partial charge is 0.137 e. The lowest BCUT2D eigenvalue weighted by molar-refractivity contribution is 0.0979. The molecule has 2 aromatic rings. The number of pyridine rings is 1. The Bertz CT molecular complexity index is 589. The van der Waals surface area contributed by atoms with Gasteiger partial charge >= 0.3 is 0 Å². The van der Waals surface area contributed by atoms with E-state index in [0.29, 0.717) is 12.0 Å². The second-order valence-electron chi connectivity index (χ2n) is 6.10. The SMILES string of the molecule is Cc1ccc2nc(CN3CCCC(C)C3CN)cn2c1. The number of hydrogen-bond donors (Lipinski definition) is 1. The van der Waals surface area contributed by atoms with E-state index < -0.39 is 0 Å². The molecule has 2 unspecified atom stereocenters. The van der Waals surface area contributed by atoms with Crippen molar-refractivity contribution < 1.29 is 0 Å². The molecule has 4 heteroatoms. The fraction of sp³-hybridized carbons (Fsp3) is 0.562. The Kier molecular flexibility index (Phi) is 3.76. The number of rotatable bonds is 3. The maximum atomic E-state index is 5.97. The summed E-state index contributed by atoms with van der Waals surface area (Å²) in [6.45, 7) is 7.21. The van der Waals surface area contributed by atoms with E-state index in [1.165, 1.54) is 18.4 Å². The van der Waals surface area contributed by atoms with E-state index in [1.54, 1.807) is 0 Å². The predicted molar refractivity (Wildman–Crippen MR) is 81.6 cm³/mol. The molecule has 20 heavy (non-hydrogen) atoms. The standard InChI is InChI=1S/C16H24N4/c1-12-5-6-16-18-14(11-20(16)9-12)10-19-7-3-4-13(2)15(19)8-17/h5-6,9,11,13,15H,3-4,7-8,10,17H2,1-2H3. The van der Waals surface area contributed by atoms with E-state index >= 15 is 0 Å². The first-order valence-electron chi connectivity index (χ1n) is 7.55. The quantitative estimate of drug-likeness (QED) is 0.932. The van der Waals surface area contributed by atoms with Crippen LogP contribution in [-0.4, -0.2) is 33.4 Å². The first-order valence-corrected chi connectivity index (χ1v) is 7.55. The molecule has 1 saturated heterocycles. The van der Waals surface area contributed by atoms with Gasteiger partial charge in [0.25, 0.3) is 0 Å². The molecule has 1 aliphatic heterocycles. The fourth-order valence-corrected chi connectivity index (χ4v) is 3.35. The zero-order valence-electron chi connectivity index (χ0n) is 12.4. The third-order valence-electron chi connectivity index (χ3n) is 4.49. The monoisotopic (exact) mass is 272 g/mol. The van der Waals surface area contributed by atoms with Crippen LogP contribution in [-0.2, 0) is 6.54 Å².